The van der Waals surface area contributed by atoms with Crippen LogP contribution in [-0.2, 0) is 6.42 Å². The van der Waals surface area contributed by atoms with Gasteiger partial charge in [0.2, 0.25) is 0 Å². The average molecular weight is 463 g/mol. The third-order valence-electron chi connectivity index (χ3n) is 5.46. The Labute approximate surface area is 196 Å². The van der Waals surface area contributed by atoms with Crippen LogP contribution in [0.15, 0.2) is 81.8 Å². The number of hydrogen-bond acceptors (Lipinski definition) is 4. The number of halogens is 1. The summed E-state index contributed by atoms with van der Waals surface area (Å²) in [4.78, 5) is 28.6. The van der Waals surface area contributed by atoms with Crippen LogP contribution >= 0.6 is 11.6 Å². The normalized spacial score (nSPS) is 14.4. The quantitative estimate of drug-likeness (QED) is 0.452. The van der Waals surface area contributed by atoms with Gasteiger partial charge in [-0.1, -0.05) is 48.0 Å². The van der Waals surface area contributed by atoms with Crippen molar-refractivity contribution in [1.82, 2.24) is 10.3 Å². The Morgan fingerprint density at radius 2 is 1.94 bits per heavy atom. The molecule has 0 saturated heterocycles. The number of carboxylic acid groups (broad SMARTS) is 1. The van der Waals surface area contributed by atoms with Gasteiger partial charge in [0.25, 0.3) is 5.91 Å². The molecule has 0 bridgehead atoms. The summed E-state index contributed by atoms with van der Waals surface area (Å²) in [6.45, 7) is 1.84. The van der Waals surface area contributed by atoms with Gasteiger partial charge >= 0.3 is 5.97 Å². The lowest BCUT2D eigenvalue weighted by molar-refractivity contribution is 0.0696. The van der Waals surface area contributed by atoms with Gasteiger partial charge in [-0.15, -0.1) is 0 Å². The summed E-state index contributed by atoms with van der Waals surface area (Å²) in [6.07, 6.45) is 10.1. The number of oxazole rings is 1. The maximum Gasteiger partial charge on any atom is 0.335 e. The second-order valence-electron chi connectivity index (χ2n) is 7.84. The van der Waals surface area contributed by atoms with E-state index in [9.17, 15) is 9.59 Å². The van der Waals surface area contributed by atoms with Gasteiger partial charge in [0, 0.05) is 17.9 Å². The molecule has 0 spiro atoms. The number of para-hydroxylation sites is 1. The molecule has 0 fully saturated rings. The number of carbonyl (C=O) groups is 2. The van der Waals surface area contributed by atoms with Gasteiger partial charge in [-0.3, -0.25) is 4.79 Å². The molecule has 0 aliphatic heterocycles. The molecule has 1 aliphatic rings. The van der Waals surface area contributed by atoms with Crippen molar-refractivity contribution >= 4 is 34.6 Å². The first-order valence-corrected chi connectivity index (χ1v) is 11.0. The van der Waals surface area contributed by atoms with Crippen LogP contribution in [0.4, 0.5) is 0 Å². The molecule has 1 heterocycles. The summed E-state index contributed by atoms with van der Waals surface area (Å²) in [7, 11) is 0. The SMILES string of the molecule is CC(NC(=O)c1cccc2oc(CCC3=CC=C(Cl)CC=C3)nc12)c1ccc(C(=O)O)cc1. The number of aromatic nitrogens is 1. The zero-order valence-corrected chi connectivity index (χ0v) is 18.8. The third-order valence-corrected chi connectivity index (χ3v) is 5.74. The van der Waals surface area contributed by atoms with Crippen LogP contribution < -0.4 is 5.32 Å². The van der Waals surface area contributed by atoms with E-state index in [0.29, 0.717) is 29.0 Å². The summed E-state index contributed by atoms with van der Waals surface area (Å²) < 4.78 is 5.89. The standard InChI is InChI=1S/C26H23ClN2O4/c1-16(18-10-12-19(13-11-18)26(31)32)28-25(30)21-6-3-7-22-24(21)29-23(33-22)15-9-17-4-2-5-20(27)14-8-17/h2-4,6-8,10-14,16H,5,9,15H2,1H3,(H,28,30)(H,31,32). The predicted octanol–water partition coefficient (Wildman–Crippen LogP) is 5.96. The maximum atomic E-state index is 13.0. The average Bonchev–Trinajstić information content (AvgIpc) is 3.12. The fourth-order valence-corrected chi connectivity index (χ4v) is 3.77. The minimum atomic E-state index is -0.988. The Bertz CT molecular complexity index is 1290. The van der Waals surface area contributed by atoms with Crippen molar-refractivity contribution < 1.29 is 19.1 Å². The molecule has 1 aliphatic carbocycles. The summed E-state index contributed by atoms with van der Waals surface area (Å²) in [5.74, 6) is -0.695. The molecule has 168 valence electrons. The molecule has 4 rings (SSSR count). The lowest BCUT2D eigenvalue weighted by Gasteiger charge is -2.14. The first-order valence-electron chi connectivity index (χ1n) is 10.6. The molecule has 7 heteroatoms. The zero-order chi connectivity index (χ0) is 23.4. The Hall–Kier alpha value is -3.64. The number of allylic oxidation sites excluding steroid dienone is 6. The Balaban J connectivity index is 1.48. The molecule has 1 atom stereocenters. The van der Waals surface area contributed by atoms with Crippen molar-refractivity contribution in [3.63, 3.8) is 0 Å². The highest BCUT2D eigenvalue weighted by molar-refractivity contribution is 6.29. The van der Waals surface area contributed by atoms with E-state index in [1.807, 2.05) is 25.2 Å². The number of nitrogens with zero attached hydrogens (tertiary/aromatic N) is 1. The first-order chi connectivity index (χ1) is 15.9. The molecule has 2 N–H and O–H groups in total. The molecule has 6 nitrogen and oxygen atoms in total. The van der Waals surface area contributed by atoms with Crippen molar-refractivity contribution in [3.05, 3.63) is 100.0 Å². The van der Waals surface area contributed by atoms with Gasteiger partial charge in [-0.05, 0) is 54.8 Å². The molecule has 1 amide bonds. The monoisotopic (exact) mass is 462 g/mol. The molecule has 1 unspecified atom stereocenters. The number of fused-ring (bicyclic) bond motifs is 1. The second-order valence-corrected chi connectivity index (χ2v) is 8.33. The number of carbonyl (C=O) groups excluding carboxylic acids is 1. The summed E-state index contributed by atoms with van der Waals surface area (Å²) in [6, 6.07) is 11.4. The fourth-order valence-electron chi connectivity index (χ4n) is 3.62. The van der Waals surface area contributed by atoms with Gasteiger partial charge in [-0.2, -0.15) is 0 Å². The third kappa shape index (κ3) is 5.41. The number of rotatable bonds is 7. The summed E-state index contributed by atoms with van der Waals surface area (Å²) >= 11 is 6.07. The van der Waals surface area contributed by atoms with Crippen molar-refractivity contribution in [3.8, 4) is 0 Å². The first kappa shape index (κ1) is 22.6. The molecule has 2 aromatic carbocycles. The Kier molecular flexibility index (Phi) is 6.75. The van der Waals surface area contributed by atoms with E-state index in [2.05, 4.69) is 16.4 Å². The van der Waals surface area contributed by atoms with E-state index in [1.54, 1.807) is 30.3 Å². The van der Waals surface area contributed by atoms with E-state index in [0.717, 1.165) is 29.0 Å². The van der Waals surface area contributed by atoms with Gasteiger partial charge in [0.1, 0.15) is 5.52 Å². The van der Waals surface area contributed by atoms with Crippen LogP contribution in [0, 0.1) is 0 Å². The number of carboxylic acids is 1. The minimum Gasteiger partial charge on any atom is -0.478 e. The highest BCUT2D eigenvalue weighted by Gasteiger charge is 2.18. The van der Waals surface area contributed by atoms with Crippen LogP contribution in [0.2, 0.25) is 0 Å². The van der Waals surface area contributed by atoms with E-state index in [-0.39, 0.29) is 17.5 Å². The van der Waals surface area contributed by atoms with Gasteiger partial charge in [-0.25, -0.2) is 9.78 Å². The van der Waals surface area contributed by atoms with E-state index < -0.39 is 5.97 Å². The van der Waals surface area contributed by atoms with Crippen molar-refractivity contribution in [1.29, 1.82) is 0 Å². The molecule has 0 radical (unpaired) electrons. The minimum absolute atomic E-state index is 0.200. The fraction of sp³-hybridized carbons (Fsp3) is 0.192. The molecule has 0 saturated carbocycles. The van der Waals surface area contributed by atoms with Crippen LogP contribution in [0.5, 0.6) is 0 Å². The van der Waals surface area contributed by atoms with Gasteiger partial charge < -0.3 is 14.8 Å². The van der Waals surface area contributed by atoms with E-state index in [1.165, 1.54) is 12.1 Å². The second kappa shape index (κ2) is 9.88. The topological polar surface area (TPSA) is 92.4 Å². The Morgan fingerprint density at radius 3 is 2.70 bits per heavy atom. The lowest BCUT2D eigenvalue weighted by atomic mass is 10.1. The predicted molar refractivity (Wildman–Crippen MR) is 127 cm³/mol. The van der Waals surface area contributed by atoms with E-state index in [4.69, 9.17) is 21.1 Å². The molecular weight excluding hydrogens is 440 g/mol. The number of aryl methyl sites for hydroxylation is 1. The van der Waals surface area contributed by atoms with Crippen molar-refractivity contribution in [2.24, 2.45) is 0 Å². The summed E-state index contributed by atoms with van der Waals surface area (Å²) in [5.41, 5.74) is 3.65. The lowest BCUT2D eigenvalue weighted by Crippen LogP contribution is -2.26. The van der Waals surface area contributed by atoms with Crippen LogP contribution in [0.3, 0.4) is 0 Å². The molecule has 33 heavy (non-hydrogen) atoms. The van der Waals surface area contributed by atoms with Gasteiger partial charge in [0.15, 0.2) is 11.5 Å². The Morgan fingerprint density at radius 1 is 1.15 bits per heavy atom. The largest absolute Gasteiger partial charge is 0.478 e. The van der Waals surface area contributed by atoms with Crippen LogP contribution in [-0.4, -0.2) is 22.0 Å². The van der Waals surface area contributed by atoms with Crippen molar-refractivity contribution in [2.75, 3.05) is 0 Å². The van der Waals surface area contributed by atoms with E-state index >= 15 is 0 Å². The highest BCUT2D eigenvalue weighted by Crippen LogP contribution is 2.23. The van der Waals surface area contributed by atoms with Gasteiger partial charge in [0.05, 0.1) is 17.2 Å². The zero-order valence-electron chi connectivity index (χ0n) is 18.0. The maximum absolute atomic E-state index is 13.0. The molecule has 1 aromatic heterocycles. The van der Waals surface area contributed by atoms with Crippen molar-refractivity contribution in [2.45, 2.75) is 32.2 Å². The van der Waals surface area contributed by atoms with Crippen LogP contribution in [0.1, 0.15) is 58.0 Å². The highest BCUT2D eigenvalue weighted by atomic mass is 35.5. The molecular formula is C26H23ClN2O4. The smallest absolute Gasteiger partial charge is 0.335 e. The van der Waals surface area contributed by atoms with Crippen LogP contribution in [0.25, 0.3) is 11.1 Å². The number of hydrogen-bond donors (Lipinski definition) is 2. The summed E-state index contributed by atoms with van der Waals surface area (Å²) in [5, 5.41) is 12.8. The number of aromatic carboxylic acids is 1. The number of nitrogens with one attached hydrogen (secondary N) is 1. The molecule has 3 aromatic rings. The number of benzene rings is 2. The number of amides is 1.